The van der Waals surface area contributed by atoms with Crippen LogP contribution in [0.5, 0.6) is 11.5 Å². The van der Waals surface area contributed by atoms with E-state index in [0.717, 1.165) is 4.90 Å². The third kappa shape index (κ3) is 5.28. The topological polar surface area (TPSA) is 113 Å². The molecule has 0 bridgehead atoms. The smallest absolute Gasteiger partial charge is 0.267 e. The first-order chi connectivity index (χ1) is 12.7. The third-order valence-electron chi connectivity index (χ3n) is 3.92. The quantitative estimate of drug-likeness (QED) is 0.547. The van der Waals surface area contributed by atoms with E-state index in [1.165, 1.54) is 43.7 Å². The molecule has 2 aromatic rings. The summed E-state index contributed by atoms with van der Waals surface area (Å²) in [5.74, 6) is -1.11. The number of amides is 2. The van der Waals surface area contributed by atoms with Crippen molar-refractivity contribution in [1.29, 1.82) is 0 Å². The van der Waals surface area contributed by atoms with Crippen LogP contribution in [0.1, 0.15) is 6.92 Å². The van der Waals surface area contributed by atoms with Gasteiger partial charge in [0, 0.05) is 14.0 Å². The molecule has 0 aliphatic rings. The first kappa shape index (κ1) is 20.4. The van der Waals surface area contributed by atoms with Gasteiger partial charge < -0.3 is 9.64 Å². The summed E-state index contributed by atoms with van der Waals surface area (Å²) >= 11 is 0. The molecule has 144 valence electrons. The number of hydrogen-bond donors (Lipinski definition) is 2. The highest BCUT2D eigenvalue weighted by Gasteiger charge is 2.31. The largest absolute Gasteiger partial charge is 0.457 e. The molecule has 0 aliphatic heterocycles. The van der Waals surface area contributed by atoms with Crippen LogP contribution in [0, 0.1) is 0 Å². The number of para-hydroxylation sites is 1. The third-order valence-corrected chi connectivity index (χ3v) is 5.66. The van der Waals surface area contributed by atoms with Crippen LogP contribution in [0.2, 0.25) is 0 Å². The fourth-order valence-corrected chi connectivity index (χ4v) is 3.83. The molecular formula is C18H20N2O6S. The lowest BCUT2D eigenvalue weighted by atomic mass is 10.3. The molecule has 0 unspecified atom stereocenters. The second kappa shape index (κ2) is 8.65. The summed E-state index contributed by atoms with van der Waals surface area (Å²) in [5, 5.41) is 8.83. The molecule has 2 rings (SSSR count). The molecule has 9 heteroatoms. The van der Waals surface area contributed by atoms with Gasteiger partial charge in [-0.1, -0.05) is 18.2 Å². The molecule has 0 heterocycles. The van der Waals surface area contributed by atoms with Gasteiger partial charge in [-0.3, -0.25) is 14.8 Å². The van der Waals surface area contributed by atoms with Crippen molar-refractivity contribution in [3.05, 3.63) is 54.6 Å². The van der Waals surface area contributed by atoms with E-state index in [-0.39, 0.29) is 4.90 Å². The Labute approximate surface area is 157 Å². The Morgan fingerprint density at radius 1 is 1.07 bits per heavy atom. The van der Waals surface area contributed by atoms with Crippen molar-refractivity contribution in [2.45, 2.75) is 17.9 Å². The average Bonchev–Trinajstić information content (AvgIpc) is 2.66. The van der Waals surface area contributed by atoms with Crippen LogP contribution in [0.25, 0.3) is 0 Å². The zero-order chi connectivity index (χ0) is 20.0. The summed E-state index contributed by atoms with van der Waals surface area (Å²) < 4.78 is 30.8. The Balaban J connectivity index is 2.19. The standard InChI is InChI=1S/C18H20N2O6S/c1-13(21)20(2)17(18(22)19-23)12-27(24,25)16-10-8-15(9-11-16)26-14-6-4-3-5-7-14/h3-11,17,23H,12H2,1-2H3,(H,19,22)/t17-/m0/s1. The molecule has 2 N–H and O–H groups in total. The molecule has 0 fully saturated rings. The normalized spacial score (nSPS) is 12.1. The van der Waals surface area contributed by atoms with E-state index in [1.54, 1.807) is 12.1 Å². The van der Waals surface area contributed by atoms with Crippen molar-refractivity contribution >= 4 is 21.7 Å². The minimum Gasteiger partial charge on any atom is -0.457 e. The molecule has 0 radical (unpaired) electrons. The minimum atomic E-state index is -3.90. The number of rotatable bonds is 7. The predicted molar refractivity (Wildman–Crippen MR) is 97.2 cm³/mol. The lowest BCUT2D eigenvalue weighted by Crippen LogP contribution is -2.49. The highest BCUT2D eigenvalue weighted by molar-refractivity contribution is 7.91. The summed E-state index contributed by atoms with van der Waals surface area (Å²) in [4.78, 5) is 24.2. The Hall–Kier alpha value is -2.91. The monoisotopic (exact) mass is 392 g/mol. The Morgan fingerprint density at radius 2 is 1.63 bits per heavy atom. The molecule has 0 saturated heterocycles. The van der Waals surface area contributed by atoms with E-state index in [2.05, 4.69) is 0 Å². The van der Waals surface area contributed by atoms with Crippen molar-refractivity contribution in [1.82, 2.24) is 10.4 Å². The number of carbonyl (C=O) groups excluding carboxylic acids is 2. The van der Waals surface area contributed by atoms with Gasteiger partial charge in [0.15, 0.2) is 9.84 Å². The van der Waals surface area contributed by atoms with Gasteiger partial charge >= 0.3 is 0 Å². The van der Waals surface area contributed by atoms with Gasteiger partial charge in [-0.15, -0.1) is 0 Å². The number of sulfone groups is 1. The summed E-state index contributed by atoms with van der Waals surface area (Å²) in [5.41, 5.74) is 1.39. The number of hydroxylamine groups is 1. The molecule has 2 amide bonds. The molecule has 0 saturated carbocycles. The first-order valence-corrected chi connectivity index (χ1v) is 9.63. The van der Waals surface area contributed by atoms with Crippen molar-refractivity contribution < 1.29 is 28.0 Å². The molecule has 8 nitrogen and oxygen atoms in total. The fraction of sp³-hybridized carbons (Fsp3) is 0.222. The molecular weight excluding hydrogens is 372 g/mol. The lowest BCUT2D eigenvalue weighted by molar-refractivity contribution is -0.141. The van der Waals surface area contributed by atoms with Crippen LogP contribution < -0.4 is 10.2 Å². The van der Waals surface area contributed by atoms with E-state index in [0.29, 0.717) is 11.5 Å². The predicted octanol–water partition coefficient (Wildman–Crippen LogP) is 1.60. The van der Waals surface area contributed by atoms with Gasteiger partial charge in [0.2, 0.25) is 5.91 Å². The summed E-state index contributed by atoms with van der Waals surface area (Å²) in [6, 6.07) is 13.3. The van der Waals surface area contributed by atoms with Gasteiger partial charge in [0.25, 0.3) is 5.91 Å². The zero-order valence-corrected chi connectivity index (χ0v) is 15.6. The molecule has 1 atom stereocenters. The number of benzene rings is 2. The first-order valence-electron chi connectivity index (χ1n) is 7.97. The Kier molecular flexibility index (Phi) is 6.54. The van der Waals surface area contributed by atoms with E-state index in [4.69, 9.17) is 9.94 Å². The van der Waals surface area contributed by atoms with Crippen LogP contribution in [0.3, 0.4) is 0 Å². The number of carbonyl (C=O) groups is 2. The minimum absolute atomic E-state index is 0.0318. The summed E-state index contributed by atoms with van der Waals surface area (Å²) in [6.07, 6.45) is 0. The number of hydrogen-bond acceptors (Lipinski definition) is 6. The van der Waals surface area contributed by atoms with Crippen LogP contribution in [0.4, 0.5) is 0 Å². The zero-order valence-electron chi connectivity index (χ0n) is 14.8. The molecule has 0 aliphatic carbocycles. The maximum Gasteiger partial charge on any atom is 0.267 e. The van der Waals surface area contributed by atoms with E-state index in [9.17, 15) is 18.0 Å². The number of nitrogens with one attached hydrogen (secondary N) is 1. The highest BCUT2D eigenvalue weighted by Crippen LogP contribution is 2.23. The second-order valence-electron chi connectivity index (χ2n) is 5.79. The molecule has 2 aromatic carbocycles. The van der Waals surface area contributed by atoms with Gasteiger partial charge in [0.1, 0.15) is 17.5 Å². The van der Waals surface area contributed by atoms with Crippen molar-refractivity contribution in [3.8, 4) is 11.5 Å². The average molecular weight is 392 g/mol. The second-order valence-corrected chi connectivity index (χ2v) is 7.82. The van der Waals surface area contributed by atoms with Gasteiger partial charge in [-0.2, -0.15) is 0 Å². The van der Waals surface area contributed by atoms with Crippen LogP contribution in [-0.4, -0.2) is 49.2 Å². The fourth-order valence-electron chi connectivity index (χ4n) is 2.30. The summed E-state index contributed by atoms with van der Waals surface area (Å²) in [6.45, 7) is 1.19. The lowest BCUT2D eigenvalue weighted by Gasteiger charge is -2.25. The Bertz CT molecular complexity index is 897. The van der Waals surface area contributed by atoms with Crippen molar-refractivity contribution in [2.75, 3.05) is 12.8 Å². The summed E-state index contributed by atoms with van der Waals surface area (Å²) in [7, 11) is -2.62. The molecule has 27 heavy (non-hydrogen) atoms. The van der Waals surface area contributed by atoms with E-state index < -0.39 is 33.4 Å². The van der Waals surface area contributed by atoms with Crippen molar-refractivity contribution in [2.24, 2.45) is 0 Å². The van der Waals surface area contributed by atoms with Gasteiger partial charge in [-0.25, -0.2) is 13.9 Å². The highest BCUT2D eigenvalue weighted by atomic mass is 32.2. The number of likely N-dealkylation sites (N-methyl/N-ethyl adjacent to an activating group) is 1. The maximum absolute atomic E-state index is 12.6. The van der Waals surface area contributed by atoms with Crippen LogP contribution >= 0.6 is 0 Å². The Morgan fingerprint density at radius 3 is 2.15 bits per heavy atom. The molecule has 0 aromatic heterocycles. The van der Waals surface area contributed by atoms with E-state index in [1.807, 2.05) is 18.2 Å². The SMILES string of the molecule is CC(=O)N(C)[C@@H](CS(=O)(=O)c1ccc(Oc2ccccc2)cc1)C(=O)NO. The van der Waals surface area contributed by atoms with Crippen molar-refractivity contribution in [3.63, 3.8) is 0 Å². The molecule has 0 spiro atoms. The number of nitrogens with zero attached hydrogens (tertiary/aromatic N) is 1. The maximum atomic E-state index is 12.6. The van der Waals surface area contributed by atoms with Crippen LogP contribution in [0.15, 0.2) is 59.5 Å². The van der Waals surface area contributed by atoms with Crippen LogP contribution in [-0.2, 0) is 19.4 Å². The van der Waals surface area contributed by atoms with Gasteiger partial charge in [-0.05, 0) is 36.4 Å². The van der Waals surface area contributed by atoms with E-state index >= 15 is 0 Å². The number of ether oxygens (including phenoxy) is 1. The van der Waals surface area contributed by atoms with Gasteiger partial charge in [0.05, 0.1) is 10.6 Å².